The minimum atomic E-state index is -0.278. The van der Waals surface area contributed by atoms with Gasteiger partial charge in [0.05, 0.1) is 11.5 Å². The Morgan fingerprint density at radius 2 is 2.00 bits per heavy atom. The van der Waals surface area contributed by atoms with Crippen LogP contribution in [0.4, 0.5) is 0 Å². The van der Waals surface area contributed by atoms with Gasteiger partial charge < -0.3 is 10.6 Å². The Hall–Kier alpha value is -1.35. The molecule has 3 heteroatoms. The summed E-state index contributed by atoms with van der Waals surface area (Å²) in [5, 5.41) is 6.60. The Balaban J connectivity index is 2.10. The third-order valence-corrected chi connectivity index (χ3v) is 4.26. The van der Waals surface area contributed by atoms with Crippen LogP contribution in [-0.4, -0.2) is 19.0 Å². The zero-order valence-corrected chi connectivity index (χ0v) is 12.8. The van der Waals surface area contributed by atoms with Crippen molar-refractivity contribution in [3.63, 3.8) is 0 Å². The standard InChI is InChI=1S/C17H26N2O/c1-13(2)15(14-8-5-4-6-9-14)19-16(20)17(3)10-7-11-18-12-17/h4-6,8-9,13,15,18H,7,10-12H2,1-3H3,(H,19,20). The molecule has 1 aliphatic rings. The van der Waals surface area contributed by atoms with Crippen LogP contribution >= 0.6 is 0 Å². The molecule has 0 aliphatic carbocycles. The number of carbonyl (C=O) groups is 1. The zero-order valence-electron chi connectivity index (χ0n) is 12.8. The zero-order chi connectivity index (χ0) is 14.6. The van der Waals surface area contributed by atoms with E-state index in [1.165, 1.54) is 5.56 Å². The molecule has 1 amide bonds. The van der Waals surface area contributed by atoms with E-state index in [0.717, 1.165) is 25.9 Å². The van der Waals surface area contributed by atoms with E-state index in [0.29, 0.717) is 5.92 Å². The molecule has 1 fully saturated rings. The van der Waals surface area contributed by atoms with Crippen molar-refractivity contribution in [3.8, 4) is 0 Å². The topological polar surface area (TPSA) is 41.1 Å². The van der Waals surface area contributed by atoms with Crippen LogP contribution in [0.1, 0.15) is 45.2 Å². The van der Waals surface area contributed by atoms with Crippen LogP contribution in [-0.2, 0) is 4.79 Å². The molecule has 1 aromatic rings. The van der Waals surface area contributed by atoms with Gasteiger partial charge in [-0.15, -0.1) is 0 Å². The molecule has 2 unspecified atom stereocenters. The minimum Gasteiger partial charge on any atom is -0.349 e. The van der Waals surface area contributed by atoms with Crippen molar-refractivity contribution in [2.24, 2.45) is 11.3 Å². The Kier molecular flexibility index (Phi) is 4.81. The van der Waals surface area contributed by atoms with Crippen molar-refractivity contribution in [2.75, 3.05) is 13.1 Å². The maximum Gasteiger partial charge on any atom is 0.227 e. The van der Waals surface area contributed by atoms with Crippen LogP contribution in [0.25, 0.3) is 0 Å². The van der Waals surface area contributed by atoms with E-state index < -0.39 is 0 Å². The highest BCUT2D eigenvalue weighted by atomic mass is 16.2. The highest BCUT2D eigenvalue weighted by Crippen LogP contribution is 2.28. The first-order valence-electron chi connectivity index (χ1n) is 7.59. The summed E-state index contributed by atoms with van der Waals surface area (Å²) in [5.74, 6) is 0.550. The second-order valence-electron chi connectivity index (χ2n) is 6.45. The largest absolute Gasteiger partial charge is 0.349 e. The molecule has 0 radical (unpaired) electrons. The third kappa shape index (κ3) is 3.40. The van der Waals surface area contributed by atoms with E-state index in [9.17, 15) is 4.79 Å². The van der Waals surface area contributed by atoms with E-state index >= 15 is 0 Å². The van der Waals surface area contributed by atoms with Crippen molar-refractivity contribution in [3.05, 3.63) is 35.9 Å². The Bertz CT molecular complexity index is 436. The predicted octanol–water partition coefficient (Wildman–Crippen LogP) is 2.89. The van der Waals surface area contributed by atoms with Crippen LogP contribution in [0.3, 0.4) is 0 Å². The quantitative estimate of drug-likeness (QED) is 0.886. The summed E-state index contributed by atoms with van der Waals surface area (Å²) in [6.07, 6.45) is 2.03. The average molecular weight is 274 g/mol. The molecule has 2 atom stereocenters. The van der Waals surface area contributed by atoms with Gasteiger partial charge in [0.15, 0.2) is 0 Å². The van der Waals surface area contributed by atoms with Crippen LogP contribution < -0.4 is 10.6 Å². The Morgan fingerprint density at radius 3 is 2.55 bits per heavy atom. The molecule has 3 nitrogen and oxygen atoms in total. The lowest BCUT2D eigenvalue weighted by molar-refractivity contribution is -0.132. The van der Waals surface area contributed by atoms with Crippen LogP contribution in [0.2, 0.25) is 0 Å². The molecule has 0 aromatic heterocycles. The van der Waals surface area contributed by atoms with Crippen molar-refractivity contribution >= 4 is 5.91 Å². The Morgan fingerprint density at radius 1 is 1.30 bits per heavy atom. The van der Waals surface area contributed by atoms with Crippen LogP contribution in [0.15, 0.2) is 30.3 Å². The van der Waals surface area contributed by atoms with Gasteiger partial charge in [0.2, 0.25) is 5.91 Å². The van der Waals surface area contributed by atoms with Crippen molar-refractivity contribution in [1.82, 2.24) is 10.6 Å². The lowest BCUT2D eigenvalue weighted by Crippen LogP contribution is -2.50. The van der Waals surface area contributed by atoms with Gasteiger partial charge in [0, 0.05) is 6.54 Å². The number of benzene rings is 1. The summed E-state index contributed by atoms with van der Waals surface area (Å²) in [6, 6.07) is 10.3. The summed E-state index contributed by atoms with van der Waals surface area (Å²) in [5.41, 5.74) is 0.906. The maximum absolute atomic E-state index is 12.7. The van der Waals surface area contributed by atoms with E-state index in [1.807, 2.05) is 18.2 Å². The predicted molar refractivity (Wildman–Crippen MR) is 82.4 cm³/mol. The monoisotopic (exact) mass is 274 g/mol. The fourth-order valence-electron chi connectivity index (χ4n) is 2.86. The van der Waals surface area contributed by atoms with Crippen molar-refractivity contribution in [1.29, 1.82) is 0 Å². The van der Waals surface area contributed by atoms with Crippen molar-refractivity contribution < 1.29 is 4.79 Å². The molecule has 1 heterocycles. The van der Waals surface area contributed by atoms with Crippen LogP contribution in [0, 0.1) is 11.3 Å². The molecular formula is C17H26N2O. The fraction of sp³-hybridized carbons (Fsp3) is 0.588. The Labute approximate surface area is 122 Å². The number of amides is 1. The van der Waals surface area contributed by atoms with Gasteiger partial charge in [-0.05, 0) is 37.8 Å². The van der Waals surface area contributed by atoms with E-state index in [2.05, 4.69) is 43.5 Å². The van der Waals surface area contributed by atoms with Gasteiger partial charge in [-0.2, -0.15) is 0 Å². The summed E-state index contributed by atoms with van der Waals surface area (Å²) >= 11 is 0. The number of piperidine rings is 1. The third-order valence-electron chi connectivity index (χ3n) is 4.26. The smallest absolute Gasteiger partial charge is 0.227 e. The molecule has 1 aliphatic heterocycles. The summed E-state index contributed by atoms with van der Waals surface area (Å²) in [7, 11) is 0. The lowest BCUT2D eigenvalue weighted by atomic mass is 9.81. The molecule has 0 bridgehead atoms. The van der Waals surface area contributed by atoms with Crippen LogP contribution in [0.5, 0.6) is 0 Å². The van der Waals surface area contributed by atoms with E-state index in [4.69, 9.17) is 0 Å². The fourth-order valence-corrected chi connectivity index (χ4v) is 2.86. The van der Waals surface area contributed by atoms with Gasteiger partial charge >= 0.3 is 0 Å². The first-order chi connectivity index (χ1) is 9.53. The van der Waals surface area contributed by atoms with Gasteiger partial charge in [-0.1, -0.05) is 44.2 Å². The second-order valence-corrected chi connectivity index (χ2v) is 6.45. The van der Waals surface area contributed by atoms with Gasteiger partial charge in [0.1, 0.15) is 0 Å². The molecule has 2 rings (SSSR count). The molecule has 110 valence electrons. The molecule has 2 N–H and O–H groups in total. The summed E-state index contributed by atoms with van der Waals surface area (Å²) in [4.78, 5) is 12.7. The average Bonchev–Trinajstić information content (AvgIpc) is 2.45. The van der Waals surface area contributed by atoms with Gasteiger partial charge in [0.25, 0.3) is 0 Å². The molecule has 1 aromatic carbocycles. The van der Waals surface area contributed by atoms with E-state index in [1.54, 1.807) is 0 Å². The normalized spacial score (nSPS) is 24.4. The van der Waals surface area contributed by atoms with Gasteiger partial charge in [-0.25, -0.2) is 0 Å². The number of nitrogens with one attached hydrogen (secondary N) is 2. The number of hydrogen-bond acceptors (Lipinski definition) is 2. The first kappa shape index (κ1) is 15.0. The lowest BCUT2D eigenvalue weighted by Gasteiger charge is -2.35. The van der Waals surface area contributed by atoms with Crippen molar-refractivity contribution in [2.45, 2.75) is 39.7 Å². The SMILES string of the molecule is CC(C)C(NC(=O)C1(C)CCCNC1)c1ccccc1. The number of carbonyl (C=O) groups excluding carboxylic acids is 1. The maximum atomic E-state index is 12.7. The molecule has 1 saturated heterocycles. The minimum absolute atomic E-state index is 0.0856. The van der Waals surface area contributed by atoms with Gasteiger partial charge in [-0.3, -0.25) is 4.79 Å². The number of hydrogen-bond donors (Lipinski definition) is 2. The molecule has 0 spiro atoms. The summed E-state index contributed by atoms with van der Waals surface area (Å²) < 4.78 is 0. The highest BCUT2D eigenvalue weighted by molar-refractivity contribution is 5.83. The molecule has 0 saturated carbocycles. The van der Waals surface area contributed by atoms with E-state index in [-0.39, 0.29) is 17.4 Å². The summed E-state index contributed by atoms with van der Waals surface area (Å²) in [6.45, 7) is 8.17. The molecule has 20 heavy (non-hydrogen) atoms. The number of rotatable bonds is 4. The highest BCUT2D eigenvalue weighted by Gasteiger charge is 2.36. The second kappa shape index (κ2) is 6.40. The first-order valence-corrected chi connectivity index (χ1v) is 7.59. The molecular weight excluding hydrogens is 248 g/mol.